The fourth-order valence-corrected chi connectivity index (χ4v) is 4.54. The molecule has 0 aliphatic heterocycles. The molecule has 4 aromatic rings. The summed E-state index contributed by atoms with van der Waals surface area (Å²) >= 11 is 8.04. The van der Waals surface area contributed by atoms with Crippen molar-refractivity contribution in [3.05, 3.63) is 88.9 Å². The number of rotatable bonds is 10. The number of carbonyl (C=O) groups excluding carboxylic acids is 1. The second-order valence-electron chi connectivity index (χ2n) is 7.55. The third kappa shape index (κ3) is 6.03. The van der Waals surface area contributed by atoms with Gasteiger partial charge in [-0.15, -0.1) is 10.2 Å². The summed E-state index contributed by atoms with van der Waals surface area (Å²) in [5.74, 6) is 1.96. The Morgan fingerprint density at radius 2 is 1.74 bits per heavy atom. The molecule has 7 nitrogen and oxygen atoms in total. The number of amides is 1. The highest BCUT2D eigenvalue weighted by atomic mass is 35.5. The van der Waals surface area contributed by atoms with Crippen LogP contribution >= 0.6 is 23.4 Å². The molecule has 3 aromatic carbocycles. The Morgan fingerprint density at radius 3 is 2.43 bits per heavy atom. The second kappa shape index (κ2) is 11.9. The molecule has 0 bridgehead atoms. The SMILES string of the molecule is COCCNC(=O)c1ccc(CSc2nnc(-c3ccccc3Cl)n2-c2ccc(OC)cc2)cc1. The smallest absolute Gasteiger partial charge is 0.251 e. The minimum Gasteiger partial charge on any atom is -0.497 e. The summed E-state index contributed by atoms with van der Waals surface area (Å²) in [5.41, 5.74) is 3.37. The minimum absolute atomic E-state index is 0.120. The van der Waals surface area contributed by atoms with Crippen LogP contribution in [0.5, 0.6) is 5.75 Å². The summed E-state index contributed by atoms with van der Waals surface area (Å²) in [6, 6.07) is 22.8. The van der Waals surface area contributed by atoms with E-state index in [-0.39, 0.29) is 5.91 Å². The highest BCUT2D eigenvalue weighted by molar-refractivity contribution is 7.98. The zero-order valence-electron chi connectivity index (χ0n) is 19.4. The Labute approximate surface area is 213 Å². The zero-order chi connectivity index (χ0) is 24.6. The number of thioether (sulfide) groups is 1. The van der Waals surface area contributed by atoms with Crippen LogP contribution in [0.2, 0.25) is 5.02 Å². The lowest BCUT2D eigenvalue weighted by atomic mass is 10.1. The molecule has 35 heavy (non-hydrogen) atoms. The Balaban J connectivity index is 1.57. The largest absolute Gasteiger partial charge is 0.497 e. The lowest BCUT2D eigenvalue weighted by Gasteiger charge is -2.12. The van der Waals surface area contributed by atoms with Crippen molar-refractivity contribution in [2.75, 3.05) is 27.4 Å². The monoisotopic (exact) mass is 508 g/mol. The van der Waals surface area contributed by atoms with Gasteiger partial charge in [0.05, 0.1) is 18.7 Å². The molecule has 0 aliphatic rings. The van der Waals surface area contributed by atoms with Crippen molar-refractivity contribution in [3.63, 3.8) is 0 Å². The summed E-state index contributed by atoms with van der Waals surface area (Å²) in [5, 5.41) is 13.1. The highest BCUT2D eigenvalue weighted by Gasteiger charge is 2.18. The van der Waals surface area contributed by atoms with E-state index in [0.717, 1.165) is 27.7 Å². The maximum atomic E-state index is 12.2. The number of halogens is 1. The van der Waals surface area contributed by atoms with E-state index in [2.05, 4.69) is 15.5 Å². The van der Waals surface area contributed by atoms with Crippen LogP contribution < -0.4 is 10.1 Å². The lowest BCUT2D eigenvalue weighted by molar-refractivity contribution is 0.0937. The van der Waals surface area contributed by atoms with Crippen LogP contribution in [0.25, 0.3) is 17.1 Å². The minimum atomic E-state index is -0.120. The maximum absolute atomic E-state index is 12.2. The Bertz CT molecular complexity index is 1280. The van der Waals surface area contributed by atoms with Gasteiger partial charge in [0.1, 0.15) is 5.75 Å². The molecule has 0 aliphatic carbocycles. The van der Waals surface area contributed by atoms with Crippen LogP contribution in [0.3, 0.4) is 0 Å². The second-order valence-corrected chi connectivity index (χ2v) is 8.90. The Hall–Kier alpha value is -3.33. The van der Waals surface area contributed by atoms with E-state index in [4.69, 9.17) is 21.1 Å². The molecule has 1 N–H and O–H groups in total. The van der Waals surface area contributed by atoms with Gasteiger partial charge in [-0.2, -0.15) is 0 Å². The molecule has 1 amide bonds. The average molecular weight is 509 g/mol. The van der Waals surface area contributed by atoms with Gasteiger partial charge in [0.25, 0.3) is 5.91 Å². The van der Waals surface area contributed by atoms with Gasteiger partial charge in [-0.1, -0.05) is 47.6 Å². The van der Waals surface area contributed by atoms with Crippen molar-refractivity contribution < 1.29 is 14.3 Å². The molecular formula is C26H25ClN4O3S. The van der Waals surface area contributed by atoms with Gasteiger partial charge in [0.15, 0.2) is 11.0 Å². The summed E-state index contributed by atoms with van der Waals surface area (Å²) in [6.07, 6.45) is 0. The number of methoxy groups -OCH3 is 2. The first kappa shape index (κ1) is 24.8. The number of nitrogens with zero attached hydrogens (tertiary/aromatic N) is 3. The van der Waals surface area contributed by atoms with Gasteiger partial charge in [0.2, 0.25) is 0 Å². The molecule has 0 radical (unpaired) electrons. The van der Waals surface area contributed by atoms with Crippen molar-refractivity contribution >= 4 is 29.3 Å². The first-order chi connectivity index (χ1) is 17.1. The number of nitrogens with one attached hydrogen (secondary N) is 1. The zero-order valence-corrected chi connectivity index (χ0v) is 21.0. The average Bonchev–Trinajstić information content (AvgIpc) is 3.32. The van der Waals surface area contributed by atoms with Gasteiger partial charge >= 0.3 is 0 Å². The molecule has 4 rings (SSSR count). The fraction of sp³-hybridized carbons (Fsp3) is 0.192. The normalized spacial score (nSPS) is 10.8. The number of benzene rings is 3. The molecule has 0 saturated heterocycles. The Kier molecular flexibility index (Phi) is 8.41. The molecule has 0 unspecified atom stereocenters. The molecule has 1 heterocycles. The van der Waals surface area contributed by atoms with Gasteiger partial charge in [0, 0.05) is 36.2 Å². The maximum Gasteiger partial charge on any atom is 0.251 e. The van der Waals surface area contributed by atoms with E-state index < -0.39 is 0 Å². The number of aromatic nitrogens is 3. The van der Waals surface area contributed by atoms with Crippen molar-refractivity contribution in [1.82, 2.24) is 20.1 Å². The standard InChI is InChI=1S/C26H25ClN4O3S/c1-33-16-15-28-25(32)19-9-7-18(8-10-19)17-35-26-30-29-24(22-5-3-4-6-23(22)27)31(26)20-11-13-21(34-2)14-12-20/h3-14H,15-17H2,1-2H3,(H,28,32). The highest BCUT2D eigenvalue weighted by Crippen LogP contribution is 2.33. The van der Waals surface area contributed by atoms with E-state index in [1.165, 1.54) is 0 Å². The Morgan fingerprint density at radius 1 is 1.00 bits per heavy atom. The molecule has 9 heteroatoms. The quantitative estimate of drug-likeness (QED) is 0.232. The van der Waals surface area contributed by atoms with Gasteiger partial charge in [-0.25, -0.2) is 0 Å². The van der Waals surface area contributed by atoms with Crippen LogP contribution in [-0.2, 0) is 10.5 Å². The molecule has 0 saturated carbocycles. The fourth-order valence-electron chi connectivity index (χ4n) is 3.41. The summed E-state index contributed by atoms with van der Waals surface area (Å²) in [7, 11) is 3.24. The third-order valence-electron chi connectivity index (χ3n) is 5.25. The van der Waals surface area contributed by atoms with Crippen molar-refractivity contribution in [1.29, 1.82) is 0 Å². The number of carbonyl (C=O) groups is 1. The molecule has 0 atom stereocenters. The van der Waals surface area contributed by atoms with E-state index >= 15 is 0 Å². The molecular weight excluding hydrogens is 484 g/mol. The molecule has 180 valence electrons. The predicted octanol–water partition coefficient (Wildman–Crippen LogP) is 5.26. The number of ether oxygens (including phenoxy) is 2. The van der Waals surface area contributed by atoms with Gasteiger partial charge in [-0.3, -0.25) is 9.36 Å². The van der Waals surface area contributed by atoms with Crippen LogP contribution in [0.1, 0.15) is 15.9 Å². The van der Waals surface area contributed by atoms with E-state index in [9.17, 15) is 4.79 Å². The molecule has 0 fully saturated rings. The van der Waals surface area contributed by atoms with E-state index in [1.54, 1.807) is 26.0 Å². The van der Waals surface area contributed by atoms with Crippen LogP contribution in [0.4, 0.5) is 0 Å². The summed E-state index contributed by atoms with van der Waals surface area (Å²) in [6.45, 7) is 0.952. The first-order valence-corrected chi connectivity index (χ1v) is 12.3. The predicted molar refractivity (Wildman–Crippen MR) is 139 cm³/mol. The van der Waals surface area contributed by atoms with Gasteiger partial charge in [-0.05, 0) is 54.1 Å². The summed E-state index contributed by atoms with van der Waals surface area (Å²) in [4.78, 5) is 12.2. The van der Waals surface area contributed by atoms with Crippen LogP contribution in [-0.4, -0.2) is 48.0 Å². The van der Waals surface area contributed by atoms with Crippen molar-refractivity contribution in [2.24, 2.45) is 0 Å². The van der Waals surface area contributed by atoms with Gasteiger partial charge < -0.3 is 14.8 Å². The molecule has 0 spiro atoms. The molecule has 1 aromatic heterocycles. The lowest BCUT2D eigenvalue weighted by Crippen LogP contribution is -2.26. The number of hydrogen-bond donors (Lipinski definition) is 1. The van der Waals surface area contributed by atoms with Crippen LogP contribution in [0.15, 0.2) is 78.0 Å². The van der Waals surface area contributed by atoms with E-state index in [0.29, 0.717) is 35.3 Å². The van der Waals surface area contributed by atoms with Crippen molar-refractivity contribution in [2.45, 2.75) is 10.9 Å². The number of hydrogen-bond acceptors (Lipinski definition) is 6. The third-order valence-corrected chi connectivity index (χ3v) is 6.58. The van der Waals surface area contributed by atoms with Crippen molar-refractivity contribution in [3.8, 4) is 22.8 Å². The first-order valence-electron chi connectivity index (χ1n) is 10.9. The topological polar surface area (TPSA) is 78.3 Å². The van der Waals surface area contributed by atoms with E-state index in [1.807, 2.05) is 77.4 Å². The summed E-state index contributed by atoms with van der Waals surface area (Å²) < 4.78 is 12.3. The van der Waals surface area contributed by atoms with Crippen LogP contribution in [0, 0.1) is 0 Å².